The summed E-state index contributed by atoms with van der Waals surface area (Å²) in [6.07, 6.45) is 3.26. The first-order valence-corrected chi connectivity index (χ1v) is 7.28. The Balaban J connectivity index is 2.95. The van der Waals surface area contributed by atoms with Crippen LogP contribution in [0, 0.1) is 0 Å². The average molecular weight is 257 g/mol. The lowest BCUT2D eigenvalue weighted by molar-refractivity contribution is 0.580. The first-order valence-electron chi connectivity index (χ1n) is 5.80. The van der Waals surface area contributed by atoms with Gasteiger partial charge in [-0.25, -0.2) is 18.1 Å². The molecule has 0 amide bonds. The Morgan fingerprint density at radius 2 is 1.94 bits per heavy atom. The van der Waals surface area contributed by atoms with E-state index in [0.29, 0.717) is 18.9 Å². The predicted molar refractivity (Wildman–Crippen MR) is 68.5 cm³/mol. The van der Waals surface area contributed by atoms with Crippen LogP contribution in [-0.4, -0.2) is 26.5 Å². The van der Waals surface area contributed by atoms with Crippen LogP contribution in [0.3, 0.4) is 0 Å². The van der Waals surface area contributed by atoms with Crippen LogP contribution in [0.2, 0.25) is 0 Å². The van der Waals surface area contributed by atoms with Crippen molar-refractivity contribution in [1.29, 1.82) is 0 Å². The minimum absolute atomic E-state index is 0.210. The normalized spacial score (nSPS) is 11.4. The topological polar surface area (TPSA) is 71.1 Å². The highest BCUT2D eigenvalue weighted by Gasteiger charge is 2.17. The Hall–Kier alpha value is -1.14. The summed E-state index contributed by atoms with van der Waals surface area (Å²) in [4.78, 5) is 4.27. The molecule has 17 heavy (non-hydrogen) atoms. The van der Waals surface area contributed by atoms with Crippen molar-refractivity contribution in [3.63, 3.8) is 0 Å². The molecule has 0 saturated carbocycles. The molecule has 0 radical (unpaired) electrons. The summed E-state index contributed by atoms with van der Waals surface area (Å²) >= 11 is 0. The van der Waals surface area contributed by atoms with Gasteiger partial charge in [-0.3, -0.25) is 0 Å². The van der Waals surface area contributed by atoms with E-state index >= 15 is 0 Å². The van der Waals surface area contributed by atoms with Gasteiger partial charge in [0.05, 0.1) is 0 Å². The second kappa shape index (κ2) is 6.56. The van der Waals surface area contributed by atoms with Crippen LogP contribution in [0.4, 0.5) is 5.82 Å². The molecule has 1 aromatic rings. The number of nitrogens with one attached hydrogen (secondary N) is 2. The largest absolute Gasteiger partial charge is 0.369 e. The third-order valence-corrected chi connectivity index (χ3v) is 3.64. The van der Waals surface area contributed by atoms with Gasteiger partial charge in [0.2, 0.25) is 10.0 Å². The minimum atomic E-state index is -3.46. The van der Waals surface area contributed by atoms with Gasteiger partial charge in [0.1, 0.15) is 10.7 Å². The lowest BCUT2D eigenvalue weighted by Gasteiger charge is -2.11. The van der Waals surface area contributed by atoms with Crippen molar-refractivity contribution < 1.29 is 8.42 Å². The van der Waals surface area contributed by atoms with E-state index in [4.69, 9.17) is 0 Å². The van der Waals surface area contributed by atoms with Crippen molar-refractivity contribution in [2.75, 3.05) is 18.4 Å². The highest BCUT2D eigenvalue weighted by Crippen LogP contribution is 2.17. The summed E-state index contributed by atoms with van der Waals surface area (Å²) < 4.78 is 26.5. The standard InChI is InChI=1S/C11H19N3O2S/c1-3-7-12-11-10(6-5-9-13-11)17(15,16)14-8-4-2/h5-6,9,14H,3-4,7-8H2,1-2H3,(H,12,13). The Bertz CT molecular complexity index is 446. The molecule has 1 aromatic heterocycles. The summed E-state index contributed by atoms with van der Waals surface area (Å²) in [6.45, 7) is 5.07. The number of pyridine rings is 1. The van der Waals surface area contributed by atoms with E-state index in [1.165, 1.54) is 0 Å². The van der Waals surface area contributed by atoms with E-state index in [-0.39, 0.29) is 4.90 Å². The number of anilines is 1. The van der Waals surface area contributed by atoms with Crippen LogP contribution in [-0.2, 0) is 10.0 Å². The van der Waals surface area contributed by atoms with Gasteiger partial charge < -0.3 is 5.32 Å². The lowest BCUT2D eigenvalue weighted by Crippen LogP contribution is -2.25. The van der Waals surface area contributed by atoms with Crippen molar-refractivity contribution >= 4 is 15.8 Å². The Labute approximate surface area is 103 Å². The SMILES string of the molecule is CCCNc1ncccc1S(=O)(=O)NCCC. The number of sulfonamides is 1. The Morgan fingerprint density at radius 1 is 1.24 bits per heavy atom. The summed E-state index contributed by atoms with van der Waals surface area (Å²) in [5.41, 5.74) is 0. The molecule has 1 heterocycles. The van der Waals surface area contributed by atoms with Gasteiger partial charge in [-0.2, -0.15) is 0 Å². The Kier molecular flexibility index (Phi) is 5.37. The van der Waals surface area contributed by atoms with Crippen LogP contribution in [0.5, 0.6) is 0 Å². The molecule has 0 unspecified atom stereocenters. The van der Waals surface area contributed by atoms with Gasteiger partial charge in [0.25, 0.3) is 0 Å². The maximum Gasteiger partial charge on any atom is 0.244 e. The number of aromatic nitrogens is 1. The number of rotatable bonds is 7. The quantitative estimate of drug-likeness (QED) is 0.778. The van der Waals surface area contributed by atoms with Crippen LogP contribution in [0.25, 0.3) is 0 Å². The van der Waals surface area contributed by atoms with Crippen molar-refractivity contribution in [3.8, 4) is 0 Å². The molecule has 6 heteroatoms. The third-order valence-electron chi connectivity index (χ3n) is 2.14. The molecule has 1 rings (SSSR count). The van der Waals surface area contributed by atoms with E-state index in [0.717, 1.165) is 12.8 Å². The molecule has 0 aliphatic heterocycles. The van der Waals surface area contributed by atoms with E-state index < -0.39 is 10.0 Å². The van der Waals surface area contributed by atoms with Crippen LogP contribution >= 0.6 is 0 Å². The van der Waals surface area contributed by atoms with Crippen molar-refractivity contribution in [3.05, 3.63) is 18.3 Å². The van der Waals surface area contributed by atoms with E-state index in [1.54, 1.807) is 18.3 Å². The second-order valence-corrected chi connectivity index (χ2v) is 5.41. The molecular weight excluding hydrogens is 238 g/mol. The lowest BCUT2D eigenvalue weighted by atomic mass is 10.4. The van der Waals surface area contributed by atoms with Crippen molar-refractivity contribution in [2.24, 2.45) is 0 Å². The molecule has 0 fully saturated rings. The fourth-order valence-corrected chi connectivity index (χ4v) is 2.56. The zero-order chi connectivity index (χ0) is 12.7. The van der Waals surface area contributed by atoms with Crippen molar-refractivity contribution in [1.82, 2.24) is 9.71 Å². The molecule has 0 spiro atoms. The summed E-state index contributed by atoms with van der Waals surface area (Å²) in [6, 6.07) is 3.18. The number of nitrogens with zero attached hydrogens (tertiary/aromatic N) is 1. The molecule has 0 aliphatic rings. The fraction of sp³-hybridized carbons (Fsp3) is 0.545. The fourth-order valence-electron chi connectivity index (χ4n) is 1.30. The van der Waals surface area contributed by atoms with E-state index in [2.05, 4.69) is 15.0 Å². The van der Waals surface area contributed by atoms with Gasteiger partial charge in [-0.1, -0.05) is 13.8 Å². The Morgan fingerprint density at radius 3 is 2.59 bits per heavy atom. The van der Waals surface area contributed by atoms with Crippen LogP contribution in [0.15, 0.2) is 23.2 Å². The minimum Gasteiger partial charge on any atom is -0.369 e. The highest BCUT2D eigenvalue weighted by molar-refractivity contribution is 7.89. The smallest absolute Gasteiger partial charge is 0.244 e. The molecule has 96 valence electrons. The van der Waals surface area contributed by atoms with Crippen LogP contribution < -0.4 is 10.0 Å². The molecule has 2 N–H and O–H groups in total. The monoisotopic (exact) mass is 257 g/mol. The van der Waals surface area contributed by atoms with Crippen LogP contribution in [0.1, 0.15) is 26.7 Å². The first-order chi connectivity index (χ1) is 8.11. The molecule has 0 atom stereocenters. The third kappa shape index (κ3) is 3.98. The molecule has 0 saturated heterocycles. The van der Waals surface area contributed by atoms with E-state index in [1.807, 2.05) is 13.8 Å². The van der Waals surface area contributed by atoms with Gasteiger partial charge in [0, 0.05) is 19.3 Å². The maximum absolute atomic E-state index is 12.0. The first kappa shape index (κ1) is 13.9. The average Bonchev–Trinajstić information content (AvgIpc) is 2.34. The number of hydrogen-bond donors (Lipinski definition) is 2. The van der Waals surface area contributed by atoms with Gasteiger partial charge in [0.15, 0.2) is 0 Å². The number of hydrogen-bond acceptors (Lipinski definition) is 4. The van der Waals surface area contributed by atoms with E-state index in [9.17, 15) is 8.42 Å². The summed E-state index contributed by atoms with van der Waals surface area (Å²) in [5, 5.41) is 3.02. The molecule has 0 aliphatic carbocycles. The zero-order valence-corrected chi connectivity index (χ0v) is 11.0. The van der Waals surface area contributed by atoms with Gasteiger partial charge >= 0.3 is 0 Å². The molecular formula is C11H19N3O2S. The molecule has 0 aromatic carbocycles. The predicted octanol–water partition coefficient (Wildman–Crippen LogP) is 1.59. The maximum atomic E-state index is 12.0. The van der Waals surface area contributed by atoms with Gasteiger partial charge in [-0.05, 0) is 25.0 Å². The summed E-state index contributed by atoms with van der Waals surface area (Å²) in [5.74, 6) is 0.415. The molecule has 5 nitrogen and oxygen atoms in total. The highest BCUT2D eigenvalue weighted by atomic mass is 32.2. The zero-order valence-electron chi connectivity index (χ0n) is 10.2. The molecule has 0 bridgehead atoms. The van der Waals surface area contributed by atoms with Gasteiger partial charge in [-0.15, -0.1) is 0 Å². The van der Waals surface area contributed by atoms with Crippen molar-refractivity contribution in [2.45, 2.75) is 31.6 Å². The second-order valence-electron chi connectivity index (χ2n) is 3.67. The summed E-state index contributed by atoms with van der Waals surface area (Å²) in [7, 11) is -3.46.